The number of rotatable bonds is 1. The fourth-order valence-corrected chi connectivity index (χ4v) is 2.48. The Kier molecular flexibility index (Phi) is 2.89. The van der Waals surface area contributed by atoms with Gasteiger partial charge >= 0.3 is 0 Å². The third kappa shape index (κ3) is 2.16. The monoisotopic (exact) mass is 248 g/mol. The van der Waals surface area contributed by atoms with E-state index >= 15 is 0 Å². The van der Waals surface area contributed by atoms with Gasteiger partial charge in [-0.1, -0.05) is 0 Å². The van der Waals surface area contributed by atoms with Crippen molar-refractivity contribution in [2.75, 3.05) is 32.0 Å². The SMILES string of the molecule is Nc1ccc(C(=O)N2CC3COCC(C2)N3)cn1. The van der Waals surface area contributed by atoms with Crippen molar-refractivity contribution >= 4 is 11.7 Å². The van der Waals surface area contributed by atoms with Crippen molar-refractivity contribution in [3.05, 3.63) is 23.9 Å². The Hall–Kier alpha value is -1.66. The van der Waals surface area contributed by atoms with Gasteiger partial charge in [-0.25, -0.2) is 4.98 Å². The fraction of sp³-hybridized carbons (Fsp3) is 0.500. The molecule has 1 amide bonds. The van der Waals surface area contributed by atoms with Crippen LogP contribution in [0.1, 0.15) is 10.4 Å². The van der Waals surface area contributed by atoms with Crippen LogP contribution in [-0.4, -0.2) is 54.2 Å². The number of nitrogen functional groups attached to an aromatic ring is 1. The second-order valence-corrected chi connectivity index (χ2v) is 4.78. The molecule has 2 unspecified atom stereocenters. The van der Waals surface area contributed by atoms with Gasteiger partial charge in [-0.3, -0.25) is 4.79 Å². The zero-order valence-corrected chi connectivity index (χ0v) is 10.0. The molecular formula is C12H16N4O2. The molecule has 0 aliphatic carbocycles. The van der Waals surface area contributed by atoms with E-state index in [1.165, 1.54) is 6.20 Å². The number of carbonyl (C=O) groups is 1. The lowest BCUT2D eigenvalue weighted by Gasteiger charge is -2.42. The number of pyridine rings is 1. The molecule has 2 bridgehead atoms. The van der Waals surface area contributed by atoms with Gasteiger partial charge in [0.15, 0.2) is 0 Å². The number of ether oxygens (including phenoxy) is 1. The number of fused-ring (bicyclic) bond motifs is 2. The summed E-state index contributed by atoms with van der Waals surface area (Å²) < 4.78 is 5.46. The van der Waals surface area contributed by atoms with Crippen molar-refractivity contribution in [3.8, 4) is 0 Å². The summed E-state index contributed by atoms with van der Waals surface area (Å²) in [5.41, 5.74) is 6.11. The Morgan fingerprint density at radius 2 is 2.11 bits per heavy atom. The highest BCUT2D eigenvalue weighted by Crippen LogP contribution is 2.14. The molecule has 2 atom stereocenters. The van der Waals surface area contributed by atoms with E-state index in [9.17, 15) is 4.79 Å². The van der Waals surface area contributed by atoms with Gasteiger partial charge in [0.1, 0.15) is 5.82 Å². The van der Waals surface area contributed by atoms with Crippen LogP contribution in [0, 0.1) is 0 Å². The Balaban J connectivity index is 1.74. The first-order valence-electron chi connectivity index (χ1n) is 6.07. The number of nitrogens with one attached hydrogen (secondary N) is 1. The molecule has 2 aliphatic rings. The lowest BCUT2D eigenvalue weighted by atomic mass is 10.1. The average Bonchev–Trinajstić information content (AvgIpc) is 2.38. The van der Waals surface area contributed by atoms with Gasteiger partial charge in [-0.15, -0.1) is 0 Å². The van der Waals surface area contributed by atoms with Crippen LogP contribution in [0.5, 0.6) is 0 Å². The summed E-state index contributed by atoms with van der Waals surface area (Å²) >= 11 is 0. The highest BCUT2D eigenvalue weighted by Gasteiger charge is 2.33. The summed E-state index contributed by atoms with van der Waals surface area (Å²) in [5.74, 6) is 0.443. The molecule has 6 heteroatoms. The van der Waals surface area contributed by atoms with Crippen LogP contribution in [0.25, 0.3) is 0 Å². The number of morpholine rings is 1. The van der Waals surface area contributed by atoms with Crippen LogP contribution in [0.3, 0.4) is 0 Å². The topological polar surface area (TPSA) is 80.5 Å². The Morgan fingerprint density at radius 1 is 1.39 bits per heavy atom. The number of hydrogen-bond acceptors (Lipinski definition) is 5. The minimum Gasteiger partial charge on any atom is -0.384 e. The summed E-state index contributed by atoms with van der Waals surface area (Å²) in [4.78, 5) is 18.1. The number of hydrogen-bond donors (Lipinski definition) is 2. The molecule has 2 fully saturated rings. The molecule has 1 aromatic heterocycles. The second kappa shape index (κ2) is 4.55. The first-order valence-corrected chi connectivity index (χ1v) is 6.07. The lowest BCUT2D eigenvalue weighted by Crippen LogP contribution is -2.63. The Morgan fingerprint density at radius 3 is 2.72 bits per heavy atom. The van der Waals surface area contributed by atoms with Crippen molar-refractivity contribution < 1.29 is 9.53 Å². The summed E-state index contributed by atoms with van der Waals surface area (Å²) in [6.45, 7) is 2.69. The van der Waals surface area contributed by atoms with Crippen LogP contribution in [0.2, 0.25) is 0 Å². The average molecular weight is 248 g/mol. The van der Waals surface area contributed by atoms with Crippen molar-refractivity contribution in [2.24, 2.45) is 0 Å². The van der Waals surface area contributed by atoms with Crippen molar-refractivity contribution in [3.63, 3.8) is 0 Å². The summed E-state index contributed by atoms with van der Waals surface area (Å²) in [5, 5.41) is 3.44. The van der Waals surface area contributed by atoms with Crippen LogP contribution < -0.4 is 11.1 Å². The van der Waals surface area contributed by atoms with E-state index in [0.29, 0.717) is 37.7 Å². The number of piperazine rings is 1. The predicted octanol–water partition coefficient (Wildman–Crippen LogP) is -0.523. The van der Waals surface area contributed by atoms with Gasteiger partial charge in [-0.05, 0) is 12.1 Å². The van der Waals surface area contributed by atoms with E-state index < -0.39 is 0 Å². The van der Waals surface area contributed by atoms with Gasteiger partial charge in [-0.2, -0.15) is 0 Å². The molecule has 18 heavy (non-hydrogen) atoms. The molecular weight excluding hydrogens is 232 g/mol. The molecule has 0 saturated carbocycles. The van der Waals surface area contributed by atoms with E-state index in [2.05, 4.69) is 10.3 Å². The maximum atomic E-state index is 12.3. The van der Waals surface area contributed by atoms with Crippen LogP contribution >= 0.6 is 0 Å². The van der Waals surface area contributed by atoms with E-state index in [-0.39, 0.29) is 18.0 Å². The van der Waals surface area contributed by atoms with Crippen LogP contribution in [0.15, 0.2) is 18.3 Å². The minimum atomic E-state index is 0.0147. The molecule has 6 nitrogen and oxygen atoms in total. The molecule has 1 aromatic rings. The van der Waals surface area contributed by atoms with Gasteiger partial charge < -0.3 is 20.7 Å². The van der Waals surface area contributed by atoms with E-state index in [1.807, 2.05) is 4.90 Å². The fourth-order valence-electron chi connectivity index (χ4n) is 2.48. The first-order chi connectivity index (χ1) is 8.72. The number of nitrogens with two attached hydrogens (primary N) is 1. The molecule has 0 spiro atoms. The molecule has 3 rings (SSSR count). The number of anilines is 1. The van der Waals surface area contributed by atoms with E-state index in [0.717, 1.165) is 0 Å². The van der Waals surface area contributed by atoms with Crippen LogP contribution in [0.4, 0.5) is 5.82 Å². The Labute approximate surface area is 105 Å². The minimum absolute atomic E-state index is 0.0147. The van der Waals surface area contributed by atoms with Crippen molar-refractivity contribution in [1.82, 2.24) is 15.2 Å². The molecule has 2 aliphatic heterocycles. The molecule has 3 heterocycles. The third-order valence-electron chi connectivity index (χ3n) is 3.31. The van der Waals surface area contributed by atoms with Crippen LogP contribution in [-0.2, 0) is 4.74 Å². The molecule has 0 radical (unpaired) electrons. The van der Waals surface area contributed by atoms with Gasteiger partial charge in [0.05, 0.1) is 18.8 Å². The summed E-state index contributed by atoms with van der Waals surface area (Å²) in [6, 6.07) is 3.85. The third-order valence-corrected chi connectivity index (χ3v) is 3.31. The molecule has 3 N–H and O–H groups in total. The molecule has 0 aromatic carbocycles. The normalized spacial score (nSPS) is 27.0. The smallest absolute Gasteiger partial charge is 0.255 e. The number of aromatic nitrogens is 1. The second-order valence-electron chi connectivity index (χ2n) is 4.78. The van der Waals surface area contributed by atoms with Gasteiger partial charge in [0, 0.05) is 31.4 Å². The van der Waals surface area contributed by atoms with Gasteiger partial charge in [0.2, 0.25) is 0 Å². The lowest BCUT2D eigenvalue weighted by molar-refractivity contribution is -0.00330. The van der Waals surface area contributed by atoms with E-state index in [1.54, 1.807) is 12.1 Å². The largest absolute Gasteiger partial charge is 0.384 e. The number of amides is 1. The zero-order valence-electron chi connectivity index (χ0n) is 10.0. The predicted molar refractivity (Wildman–Crippen MR) is 66.1 cm³/mol. The highest BCUT2D eigenvalue weighted by molar-refractivity contribution is 5.94. The maximum Gasteiger partial charge on any atom is 0.255 e. The number of nitrogens with zero attached hydrogens (tertiary/aromatic N) is 2. The molecule has 96 valence electrons. The first kappa shape index (κ1) is 11.4. The summed E-state index contributed by atoms with van der Waals surface area (Å²) in [7, 11) is 0. The zero-order chi connectivity index (χ0) is 12.5. The number of carbonyl (C=O) groups excluding carboxylic acids is 1. The molecule has 2 saturated heterocycles. The van der Waals surface area contributed by atoms with Gasteiger partial charge in [0.25, 0.3) is 5.91 Å². The maximum absolute atomic E-state index is 12.3. The standard InChI is InChI=1S/C12H16N4O2/c13-11-2-1-8(3-14-11)12(17)16-4-9-6-18-7-10(5-16)15-9/h1-3,9-10,15H,4-7H2,(H2,13,14). The summed E-state index contributed by atoms with van der Waals surface area (Å²) in [6.07, 6.45) is 1.53. The quantitative estimate of drug-likeness (QED) is 0.699. The van der Waals surface area contributed by atoms with Crippen molar-refractivity contribution in [1.29, 1.82) is 0 Å². The van der Waals surface area contributed by atoms with E-state index in [4.69, 9.17) is 10.5 Å². The van der Waals surface area contributed by atoms with Crippen molar-refractivity contribution in [2.45, 2.75) is 12.1 Å². The highest BCUT2D eigenvalue weighted by atomic mass is 16.5. The Bertz CT molecular complexity index is 436.